The van der Waals surface area contributed by atoms with Crippen LogP contribution in [0.4, 0.5) is 19.0 Å². The number of amides is 1. The van der Waals surface area contributed by atoms with E-state index in [1.165, 1.54) is 0 Å². The summed E-state index contributed by atoms with van der Waals surface area (Å²) < 4.78 is 47.7. The number of rotatable bonds is 5. The van der Waals surface area contributed by atoms with E-state index in [1.807, 2.05) is 5.10 Å². The van der Waals surface area contributed by atoms with Gasteiger partial charge in [-0.3, -0.25) is 9.89 Å². The van der Waals surface area contributed by atoms with Gasteiger partial charge >= 0.3 is 6.18 Å². The third-order valence-corrected chi connectivity index (χ3v) is 3.00. The summed E-state index contributed by atoms with van der Waals surface area (Å²) in [5.74, 6) is -0.597. The Morgan fingerprint density at radius 3 is 2.81 bits per heavy atom. The van der Waals surface area contributed by atoms with Crippen LogP contribution in [-0.2, 0) is 20.4 Å². The van der Waals surface area contributed by atoms with Crippen molar-refractivity contribution in [3.05, 3.63) is 11.8 Å². The first-order valence-electron chi connectivity index (χ1n) is 6.57. The van der Waals surface area contributed by atoms with E-state index in [4.69, 9.17) is 9.47 Å². The highest BCUT2D eigenvalue weighted by molar-refractivity contribution is 5.89. The van der Waals surface area contributed by atoms with Gasteiger partial charge in [0.25, 0.3) is 0 Å². The fraction of sp³-hybridized carbons (Fsp3) is 0.667. The molecular formula is C12H16F3N3O3. The Morgan fingerprint density at radius 1 is 1.48 bits per heavy atom. The van der Waals surface area contributed by atoms with Crippen molar-refractivity contribution in [2.75, 3.05) is 25.1 Å². The predicted molar refractivity (Wildman–Crippen MR) is 66.6 cm³/mol. The molecule has 0 saturated carbocycles. The van der Waals surface area contributed by atoms with Gasteiger partial charge in [-0.1, -0.05) is 0 Å². The number of hydrogen-bond acceptors (Lipinski definition) is 4. The van der Waals surface area contributed by atoms with Gasteiger partial charge in [0, 0.05) is 19.3 Å². The lowest BCUT2D eigenvalue weighted by atomic mass is 10.1. The van der Waals surface area contributed by atoms with Gasteiger partial charge in [0.05, 0.1) is 19.1 Å². The number of carbonyl (C=O) groups is 1. The van der Waals surface area contributed by atoms with Gasteiger partial charge in [-0.15, -0.1) is 0 Å². The number of nitrogens with zero attached hydrogens (tertiary/aromatic N) is 1. The summed E-state index contributed by atoms with van der Waals surface area (Å²) in [7, 11) is 0. The second-order valence-corrected chi connectivity index (χ2v) is 4.65. The first kappa shape index (κ1) is 15.8. The van der Waals surface area contributed by atoms with Gasteiger partial charge in [0.15, 0.2) is 5.82 Å². The molecule has 0 spiro atoms. The number of anilines is 1. The molecule has 1 aliphatic rings. The molecule has 1 saturated heterocycles. The van der Waals surface area contributed by atoms with Crippen LogP contribution in [0.5, 0.6) is 0 Å². The Morgan fingerprint density at radius 2 is 2.19 bits per heavy atom. The average molecular weight is 307 g/mol. The molecule has 1 aliphatic heterocycles. The zero-order valence-electron chi connectivity index (χ0n) is 11.2. The van der Waals surface area contributed by atoms with Crippen LogP contribution >= 0.6 is 0 Å². The minimum absolute atomic E-state index is 0.0611. The number of hydrogen-bond donors (Lipinski definition) is 2. The highest BCUT2D eigenvalue weighted by Gasteiger charge is 2.33. The maximum absolute atomic E-state index is 12.3. The van der Waals surface area contributed by atoms with E-state index in [2.05, 4.69) is 10.4 Å². The molecule has 9 heteroatoms. The lowest BCUT2D eigenvalue weighted by molar-refractivity contribution is -0.141. The Labute approximate surface area is 119 Å². The van der Waals surface area contributed by atoms with E-state index in [0.717, 1.165) is 18.9 Å². The normalized spacial score (nSPS) is 16.9. The molecule has 0 radical (unpaired) electrons. The van der Waals surface area contributed by atoms with Crippen LogP contribution < -0.4 is 5.32 Å². The van der Waals surface area contributed by atoms with Crippen molar-refractivity contribution in [3.8, 4) is 0 Å². The lowest BCUT2D eigenvalue weighted by Gasteiger charge is -2.22. The van der Waals surface area contributed by atoms with Crippen LogP contribution in [0.1, 0.15) is 25.0 Å². The molecule has 1 fully saturated rings. The highest BCUT2D eigenvalue weighted by atomic mass is 19.4. The third kappa shape index (κ3) is 5.01. The summed E-state index contributed by atoms with van der Waals surface area (Å²) in [6, 6.07) is 0.747. The van der Waals surface area contributed by atoms with Crippen molar-refractivity contribution in [1.29, 1.82) is 0 Å². The molecule has 0 bridgehead atoms. The smallest absolute Gasteiger partial charge is 0.381 e. The number of aromatic nitrogens is 2. The highest BCUT2D eigenvalue weighted by Crippen LogP contribution is 2.28. The molecule has 1 aromatic rings. The van der Waals surface area contributed by atoms with Gasteiger partial charge in [0.1, 0.15) is 5.69 Å². The van der Waals surface area contributed by atoms with Crippen LogP contribution in [0.25, 0.3) is 0 Å². The summed E-state index contributed by atoms with van der Waals surface area (Å²) >= 11 is 0. The number of aromatic amines is 1. The second kappa shape index (κ2) is 6.90. The van der Waals surface area contributed by atoms with E-state index in [0.29, 0.717) is 13.2 Å². The molecule has 0 aromatic carbocycles. The largest absolute Gasteiger partial charge is 0.432 e. The minimum Gasteiger partial charge on any atom is -0.381 e. The molecule has 21 heavy (non-hydrogen) atoms. The quantitative estimate of drug-likeness (QED) is 0.872. The summed E-state index contributed by atoms with van der Waals surface area (Å²) in [5.41, 5.74) is -1.00. The lowest BCUT2D eigenvalue weighted by Crippen LogP contribution is -2.25. The zero-order chi connectivity index (χ0) is 15.3. The van der Waals surface area contributed by atoms with Gasteiger partial charge in [-0.05, 0) is 12.8 Å². The molecule has 2 N–H and O–H groups in total. The van der Waals surface area contributed by atoms with Crippen LogP contribution in [0.2, 0.25) is 0 Å². The molecule has 2 rings (SSSR count). The Balaban J connectivity index is 1.70. The van der Waals surface area contributed by atoms with Crippen LogP contribution in [0.15, 0.2) is 6.07 Å². The Kier molecular flexibility index (Phi) is 5.18. The maximum atomic E-state index is 12.3. The monoisotopic (exact) mass is 307 g/mol. The van der Waals surface area contributed by atoms with E-state index < -0.39 is 17.8 Å². The fourth-order valence-electron chi connectivity index (χ4n) is 1.90. The van der Waals surface area contributed by atoms with Gasteiger partial charge in [0.2, 0.25) is 5.91 Å². The molecule has 0 unspecified atom stereocenters. The van der Waals surface area contributed by atoms with Crippen molar-refractivity contribution in [2.45, 2.75) is 31.5 Å². The fourth-order valence-corrected chi connectivity index (χ4v) is 1.90. The van der Waals surface area contributed by atoms with E-state index in [-0.39, 0.29) is 24.9 Å². The molecule has 6 nitrogen and oxygen atoms in total. The Hall–Kier alpha value is -1.61. The molecular weight excluding hydrogens is 291 g/mol. The van der Waals surface area contributed by atoms with Crippen molar-refractivity contribution in [2.24, 2.45) is 0 Å². The first-order valence-corrected chi connectivity index (χ1v) is 6.57. The van der Waals surface area contributed by atoms with Gasteiger partial charge < -0.3 is 14.8 Å². The molecule has 1 aromatic heterocycles. The number of nitrogens with one attached hydrogen (secondary N) is 2. The van der Waals surface area contributed by atoms with Crippen molar-refractivity contribution < 1.29 is 27.4 Å². The number of alkyl halides is 3. The van der Waals surface area contributed by atoms with E-state index >= 15 is 0 Å². The molecule has 0 atom stereocenters. The van der Waals surface area contributed by atoms with Crippen molar-refractivity contribution in [3.63, 3.8) is 0 Å². The SMILES string of the molecule is O=C(CCOC1CCOCC1)Nc1cc(C(F)(F)F)[nH]n1. The number of H-pyrrole nitrogens is 1. The average Bonchev–Trinajstić information content (AvgIpc) is 2.88. The van der Waals surface area contributed by atoms with Crippen molar-refractivity contribution in [1.82, 2.24) is 10.2 Å². The number of halogens is 3. The number of carbonyl (C=O) groups excluding carboxylic acids is 1. The number of ether oxygens (including phenoxy) is 2. The topological polar surface area (TPSA) is 76.2 Å². The summed E-state index contributed by atoms with van der Waals surface area (Å²) in [4.78, 5) is 11.6. The van der Waals surface area contributed by atoms with Crippen molar-refractivity contribution >= 4 is 11.7 Å². The van der Waals surface area contributed by atoms with Gasteiger partial charge in [-0.25, -0.2) is 0 Å². The van der Waals surface area contributed by atoms with Gasteiger partial charge in [-0.2, -0.15) is 18.3 Å². The predicted octanol–water partition coefficient (Wildman–Crippen LogP) is 1.95. The molecule has 118 valence electrons. The zero-order valence-corrected chi connectivity index (χ0v) is 11.2. The summed E-state index contributed by atoms with van der Waals surface area (Å²) in [5, 5.41) is 7.50. The third-order valence-electron chi connectivity index (χ3n) is 3.00. The summed E-state index contributed by atoms with van der Waals surface area (Å²) in [6.07, 6.45) is -2.80. The standard InChI is InChI=1S/C12H16F3N3O3/c13-12(14,15)9-7-10(18-17-9)16-11(19)3-6-21-8-1-4-20-5-2-8/h7-8H,1-6H2,(H2,16,17,18,19). The first-order chi connectivity index (χ1) is 9.95. The van der Waals surface area contributed by atoms with E-state index in [9.17, 15) is 18.0 Å². The molecule has 0 aliphatic carbocycles. The van der Waals surface area contributed by atoms with Crippen LogP contribution in [0, 0.1) is 0 Å². The second-order valence-electron chi connectivity index (χ2n) is 4.65. The van der Waals surface area contributed by atoms with E-state index in [1.54, 1.807) is 0 Å². The molecule has 2 heterocycles. The maximum Gasteiger partial charge on any atom is 0.432 e. The van der Waals surface area contributed by atoms with Crippen LogP contribution in [-0.4, -0.2) is 42.0 Å². The minimum atomic E-state index is -4.51. The summed E-state index contributed by atoms with van der Waals surface area (Å²) in [6.45, 7) is 1.50. The molecule has 1 amide bonds. The van der Waals surface area contributed by atoms with Crippen LogP contribution in [0.3, 0.4) is 0 Å². The Bertz CT molecular complexity index is 470.